The monoisotopic (exact) mass is 388 g/mol. The van der Waals surface area contributed by atoms with Gasteiger partial charge in [-0.1, -0.05) is 6.07 Å². The fourth-order valence-electron chi connectivity index (χ4n) is 3.27. The van der Waals surface area contributed by atoms with E-state index in [4.69, 9.17) is 0 Å². The van der Waals surface area contributed by atoms with E-state index in [-0.39, 0.29) is 12.1 Å². The molecule has 0 aliphatic carbocycles. The number of alkyl halides is 2. The molecular weight excluding hydrogens is 362 g/mol. The number of benzene rings is 1. The van der Waals surface area contributed by atoms with Gasteiger partial charge in [-0.15, -0.1) is 0 Å². The predicted octanol–water partition coefficient (Wildman–Crippen LogP) is 2.22. The molecule has 0 unspecified atom stereocenters. The van der Waals surface area contributed by atoms with Gasteiger partial charge in [0.15, 0.2) is 0 Å². The lowest BCUT2D eigenvalue weighted by Gasteiger charge is -2.33. The van der Waals surface area contributed by atoms with Gasteiger partial charge in [0.2, 0.25) is 0 Å². The number of aromatic nitrogens is 2. The van der Waals surface area contributed by atoms with Crippen LogP contribution in [-0.4, -0.2) is 54.5 Å². The van der Waals surface area contributed by atoms with Crippen LogP contribution < -0.4 is 16.0 Å². The van der Waals surface area contributed by atoms with Crippen LogP contribution in [0.25, 0.3) is 11.0 Å². The van der Waals surface area contributed by atoms with E-state index in [1.807, 2.05) is 37.1 Å². The second kappa shape index (κ2) is 9.45. The maximum atomic E-state index is 13.7. The predicted molar refractivity (Wildman–Crippen MR) is 107 cm³/mol. The van der Waals surface area contributed by atoms with Crippen LogP contribution in [0, 0.1) is 0 Å². The van der Waals surface area contributed by atoms with Crippen LogP contribution in [0.3, 0.4) is 0 Å². The molecule has 3 N–H and O–H groups in total. The molecular formula is C20H26F2N6. The number of hydrogen-bond donors (Lipinski definition) is 3. The van der Waals surface area contributed by atoms with Crippen LogP contribution in [-0.2, 0) is 6.54 Å². The summed E-state index contributed by atoms with van der Waals surface area (Å²) >= 11 is 0. The highest BCUT2D eigenvalue weighted by atomic mass is 19.3. The third kappa shape index (κ3) is 4.56. The van der Waals surface area contributed by atoms with Crippen molar-refractivity contribution in [2.24, 2.45) is 0 Å². The van der Waals surface area contributed by atoms with Crippen molar-refractivity contribution in [3.05, 3.63) is 59.3 Å². The lowest BCUT2D eigenvalue weighted by Crippen LogP contribution is -2.39. The van der Waals surface area contributed by atoms with E-state index in [1.165, 1.54) is 0 Å². The lowest BCUT2D eigenvalue weighted by molar-refractivity contribution is 0.179. The molecule has 6 nitrogen and oxygen atoms in total. The SMILES string of the molecule is CCN(CCNC)C1=C(C(F)F)CNC=C1NCc1ccc2nccnc2c1. The fraction of sp³-hybridized carbons (Fsp3) is 0.400. The minimum atomic E-state index is -2.51. The minimum absolute atomic E-state index is 0.118. The number of dihydropyridines is 1. The van der Waals surface area contributed by atoms with E-state index < -0.39 is 6.43 Å². The number of rotatable bonds is 9. The molecule has 1 aliphatic heterocycles. The Morgan fingerprint density at radius 2 is 2.00 bits per heavy atom. The van der Waals surface area contributed by atoms with Gasteiger partial charge in [0.1, 0.15) is 0 Å². The maximum Gasteiger partial charge on any atom is 0.263 e. The first kappa shape index (κ1) is 20.0. The quantitative estimate of drug-likeness (QED) is 0.612. The zero-order valence-corrected chi connectivity index (χ0v) is 16.2. The third-order valence-corrected chi connectivity index (χ3v) is 4.71. The summed E-state index contributed by atoms with van der Waals surface area (Å²) in [5.41, 5.74) is 4.04. The Morgan fingerprint density at radius 3 is 2.71 bits per heavy atom. The Hall–Kier alpha value is -2.74. The molecule has 28 heavy (non-hydrogen) atoms. The molecule has 150 valence electrons. The molecule has 0 amide bonds. The molecule has 1 aromatic carbocycles. The Morgan fingerprint density at radius 1 is 1.21 bits per heavy atom. The highest BCUT2D eigenvalue weighted by Gasteiger charge is 2.26. The van der Waals surface area contributed by atoms with Crippen molar-refractivity contribution in [2.75, 3.05) is 33.2 Å². The van der Waals surface area contributed by atoms with Gasteiger partial charge in [0, 0.05) is 56.9 Å². The van der Waals surface area contributed by atoms with Gasteiger partial charge in [-0.05, 0) is 31.7 Å². The van der Waals surface area contributed by atoms with Gasteiger partial charge in [0.25, 0.3) is 6.43 Å². The number of nitrogens with one attached hydrogen (secondary N) is 3. The van der Waals surface area contributed by atoms with Gasteiger partial charge >= 0.3 is 0 Å². The summed E-state index contributed by atoms with van der Waals surface area (Å²) in [6, 6.07) is 5.85. The molecule has 1 aromatic heterocycles. The van der Waals surface area contributed by atoms with Crippen molar-refractivity contribution in [3.8, 4) is 0 Å². The van der Waals surface area contributed by atoms with Crippen molar-refractivity contribution in [3.63, 3.8) is 0 Å². The summed E-state index contributed by atoms with van der Waals surface area (Å²) < 4.78 is 27.4. The van der Waals surface area contributed by atoms with Crippen molar-refractivity contribution >= 4 is 11.0 Å². The van der Waals surface area contributed by atoms with E-state index in [9.17, 15) is 8.78 Å². The van der Waals surface area contributed by atoms with Crippen LogP contribution in [0.15, 0.2) is 53.8 Å². The van der Waals surface area contributed by atoms with Crippen molar-refractivity contribution in [1.82, 2.24) is 30.8 Å². The molecule has 8 heteroatoms. The average Bonchev–Trinajstić information content (AvgIpc) is 2.72. The second-order valence-corrected chi connectivity index (χ2v) is 6.53. The molecule has 3 rings (SSSR count). The number of halogens is 2. The largest absolute Gasteiger partial charge is 0.385 e. The first-order valence-electron chi connectivity index (χ1n) is 9.42. The summed E-state index contributed by atoms with van der Waals surface area (Å²) in [7, 11) is 1.86. The third-order valence-electron chi connectivity index (χ3n) is 4.71. The summed E-state index contributed by atoms with van der Waals surface area (Å²) in [5.74, 6) is 0. The van der Waals surface area contributed by atoms with Gasteiger partial charge < -0.3 is 20.9 Å². The highest BCUT2D eigenvalue weighted by molar-refractivity contribution is 5.74. The minimum Gasteiger partial charge on any atom is -0.385 e. The number of fused-ring (bicyclic) bond motifs is 1. The molecule has 0 spiro atoms. The Kier molecular flexibility index (Phi) is 6.76. The highest BCUT2D eigenvalue weighted by Crippen LogP contribution is 2.25. The van der Waals surface area contributed by atoms with Crippen LogP contribution in [0.4, 0.5) is 8.78 Å². The standard InChI is InChI=1S/C20H26F2N6/c1-3-28(9-8-23-2)19-15(20(21)22)12-24-13-18(19)27-11-14-4-5-16-17(10-14)26-7-6-25-16/h4-7,10,13,20,23-24,27H,3,8-9,11-12H2,1-2H3. The van der Waals surface area contributed by atoms with E-state index in [0.717, 1.165) is 23.1 Å². The molecule has 0 atom stereocenters. The van der Waals surface area contributed by atoms with E-state index in [0.29, 0.717) is 31.0 Å². The first-order chi connectivity index (χ1) is 13.6. The summed E-state index contributed by atoms with van der Waals surface area (Å²) in [6.45, 7) is 4.66. The molecule has 0 saturated carbocycles. The lowest BCUT2D eigenvalue weighted by atomic mass is 10.1. The Bertz CT molecular complexity index is 865. The molecule has 1 aliphatic rings. The molecule has 0 bridgehead atoms. The van der Waals surface area contributed by atoms with Gasteiger partial charge in [-0.2, -0.15) is 0 Å². The molecule has 0 fully saturated rings. The zero-order valence-electron chi connectivity index (χ0n) is 16.2. The number of hydrogen-bond acceptors (Lipinski definition) is 6. The van der Waals surface area contributed by atoms with E-state index >= 15 is 0 Å². The van der Waals surface area contributed by atoms with Crippen molar-refractivity contribution in [2.45, 2.75) is 19.9 Å². The smallest absolute Gasteiger partial charge is 0.263 e. The zero-order chi connectivity index (χ0) is 19.9. The molecule has 2 aromatic rings. The second-order valence-electron chi connectivity index (χ2n) is 6.53. The van der Waals surface area contributed by atoms with E-state index in [1.54, 1.807) is 18.6 Å². The topological polar surface area (TPSA) is 65.1 Å². The van der Waals surface area contributed by atoms with Gasteiger partial charge in [-0.3, -0.25) is 9.97 Å². The van der Waals surface area contributed by atoms with Gasteiger partial charge in [-0.25, -0.2) is 8.78 Å². The molecule has 0 radical (unpaired) electrons. The van der Waals surface area contributed by atoms with Gasteiger partial charge in [0.05, 0.1) is 22.4 Å². The maximum absolute atomic E-state index is 13.7. The normalized spacial score (nSPS) is 14.2. The number of likely N-dealkylation sites (N-methyl/N-ethyl adjacent to an activating group) is 2. The summed E-state index contributed by atoms with van der Waals surface area (Å²) in [5, 5.41) is 9.38. The van der Waals surface area contributed by atoms with Crippen LogP contribution in [0.2, 0.25) is 0 Å². The summed E-state index contributed by atoms with van der Waals surface area (Å²) in [4.78, 5) is 10.6. The fourth-order valence-corrected chi connectivity index (χ4v) is 3.27. The summed E-state index contributed by atoms with van der Waals surface area (Å²) in [6.07, 6.45) is 2.59. The average molecular weight is 388 g/mol. The van der Waals surface area contributed by atoms with Crippen LogP contribution in [0.1, 0.15) is 12.5 Å². The molecule has 2 heterocycles. The molecule has 0 saturated heterocycles. The number of nitrogens with zero attached hydrogens (tertiary/aromatic N) is 3. The Labute approximate surface area is 163 Å². The van der Waals surface area contributed by atoms with Crippen molar-refractivity contribution < 1.29 is 8.78 Å². The van der Waals surface area contributed by atoms with Crippen LogP contribution >= 0.6 is 0 Å². The Balaban J connectivity index is 1.82. The van der Waals surface area contributed by atoms with E-state index in [2.05, 4.69) is 25.9 Å². The first-order valence-corrected chi connectivity index (χ1v) is 9.42. The van der Waals surface area contributed by atoms with Crippen molar-refractivity contribution in [1.29, 1.82) is 0 Å². The van der Waals surface area contributed by atoms with Crippen LogP contribution in [0.5, 0.6) is 0 Å².